The Bertz CT molecular complexity index is 219. The van der Waals surface area contributed by atoms with Crippen molar-refractivity contribution in [2.24, 2.45) is 5.92 Å². The Morgan fingerprint density at radius 2 is 2.00 bits per heavy atom. The zero-order valence-electron chi connectivity index (χ0n) is 6.15. The lowest BCUT2D eigenvalue weighted by Gasteiger charge is -2.08. The maximum atomic E-state index is 11.8. The van der Waals surface area contributed by atoms with Gasteiger partial charge in [-0.3, -0.25) is 9.59 Å². The lowest BCUT2D eigenvalue weighted by Crippen LogP contribution is -2.32. The fourth-order valence-electron chi connectivity index (χ4n) is 1.29. The molecule has 0 aromatic carbocycles. The highest BCUT2D eigenvalue weighted by molar-refractivity contribution is 6.05. The number of alkyl halides is 3. The van der Waals surface area contributed by atoms with Crippen molar-refractivity contribution in [3.05, 3.63) is 0 Å². The Balaban J connectivity index is 2.71. The molecule has 0 spiro atoms. The lowest BCUT2D eigenvalue weighted by molar-refractivity contribution is -0.176. The predicted molar refractivity (Wildman–Crippen MR) is 33.4 cm³/mol. The third-order valence-corrected chi connectivity index (χ3v) is 1.90. The number of carbonyl (C=O) groups excluding carboxylic acids is 2. The maximum absolute atomic E-state index is 11.8. The van der Waals surface area contributed by atoms with E-state index in [-0.39, 0.29) is 12.8 Å². The molecule has 68 valence electrons. The van der Waals surface area contributed by atoms with Crippen molar-refractivity contribution in [1.29, 1.82) is 0 Å². The Kier molecular flexibility index (Phi) is 2.21. The Morgan fingerprint density at radius 1 is 1.42 bits per heavy atom. The van der Waals surface area contributed by atoms with E-state index < -0.39 is 23.7 Å². The molecule has 1 atom stereocenters. The van der Waals surface area contributed by atoms with Gasteiger partial charge in [-0.15, -0.1) is 0 Å². The molecule has 0 heterocycles. The monoisotopic (exact) mass is 180 g/mol. The fourth-order valence-corrected chi connectivity index (χ4v) is 1.29. The molecule has 1 saturated carbocycles. The van der Waals surface area contributed by atoms with Gasteiger partial charge in [-0.2, -0.15) is 13.2 Å². The van der Waals surface area contributed by atoms with Crippen molar-refractivity contribution in [2.45, 2.75) is 25.4 Å². The predicted octanol–water partition coefficient (Wildman–Crippen LogP) is 1.49. The van der Waals surface area contributed by atoms with Crippen LogP contribution >= 0.6 is 0 Å². The molecule has 0 saturated heterocycles. The van der Waals surface area contributed by atoms with Crippen LogP contribution in [0.2, 0.25) is 0 Å². The highest BCUT2D eigenvalue weighted by Crippen LogP contribution is 2.29. The number of Topliss-reactive ketones (excluding diaryl/α,β-unsaturated/α-hetero) is 2. The molecule has 0 N–H and O–H groups in total. The van der Waals surface area contributed by atoms with Gasteiger partial charge < -0.3 is 0 Å². The van der Waals surface area contributed by atoms with Crippen LogP contribution in [-0.2, 0) is 9.59 Å². The lowest BCUT2D eigenvalue weighted by atomic mass is 10.0. The third kappa shape index (κ3) is 1.65. The smallest absolute Gasteiger partial charge is 0.299 e. The van der Waals surface area contributed by atoms with Gasteiger partial charge in [-0.25, -0.2) is 0 Å². The molecule has 0 aromatic heterocycles. The SMILES string of the molecule is O=C1CCCC1C(=O)C(F)(F)F. The molecule has 0 radical (unpaired) electrons. The Hall–Kier alpha value is -0.870. The fraction of sp³-hybridized carbons (Fsp3) is 0.714. The van der Waals surface area contributed by atoms with Gasteiger partial charge in [-0.1, -0.05) is 0 Å². The largest absolute Gasteiger partial charge is 0.450 e. The van der Waals surface area contributed by atoms with E-state index in [1.54, 1.807) is 0 Å². The molecule has 0 bridgehead atoms. The Morgan fingerprint density at radius 3 is 2.33 bits per heavy atom. The van der Waals surface area contributed by atoms with Crippen molar-refractivity contribution in [2.75, 3.05) is 0 Å². The summed E-state index contributed by atoms with van der Waals surface area (Å²) in [5.74, 6) is -3.87. The minimum Gasteiger partial charge on any atom is -0.299 e. The average molecular weight is 180 g/mol. The molecule has 0 aliphatic heterocycles. The summed E-state index contributed by atoms with van der Waals surface area (Å²) in [6.45, 7) is 0. The van der Waals surface area contributed by atoms with Gasteiger partial charge in [0, 0.05) is 6.42 Å². The summed E-state index contributed by atoms with van der Waals surface area (Å²) in [5, 5.41) is 0. The van der Waals surface area contributed by atoms with Gasteiger partial charge in [0.1, 0.15) is 5.78 Å². The number of ketones is 2. The average Bonchev–Trinajstić information content (AvgIpc) is 2.31. The third-order valence-electron chi connectivity index (χ3n) is 1.90. The summed E-state index contributed by atoms with van der Waals surface area (Å²) in [4.78, 5) is 21.3. The number of hydrogen-bond donors (Lipinski definition) is 0. The van der Waals surface area contributed by atoms with Crippen LogP contribution < -0.4 is 0 Å². The van der Waals surface area contributed by atoms with E-state index in [9.17, 15) is 22.8 Å². The van der Waals surface area contributed by atoms with Crippen LogP contribution in [0, 0.1) is 5.92 Å². The van der Waals surface area contributed by atoms with Gasteiger partial charge in [0.05, 0.1) is 5.92 Å². The van der Waals surface area contributed by atoms with Crippen molar-refractivity contribution >= 4 is 11.6 Å². The van der Waals surface area contributed by atoms with Crippen LogP contribution in [0.5, 0.6) is 0 Å². The molecule has 2 nitrogen and oxygen atoms in total. The van der Waals surface area contributed by atoms with Crippen LogP contribution in [0.3, 0.4) is 0 Å². The van der Waals surface area contributed by atoms with E-state index in [2.05, 4.69) is 0 Å². The first-order valence-corrected chi connectivity index (χ1v) is 3.56. The van der Waals surface area contributed by atoms with Crippen LogP contribution in [0.15, 0.2) is 0 Å². The molecule has 1 rings (SSSR count). The second-order valence-corrected chi connectivity index (χ2v) is 2.77. The highest BCUT2D eigenvalue weighted by atomic mass is 19.4. The van der Waals surface area contributed by atoms with E-state index in [0.29, 0.717) is 6.42 Å². The van der Waals surface area contributed by atoms with Gasteiger partial charge in [-0.05, 0) is 12.8 Å². The topological polar surface area (TPSA) is 34.1 Å². The molecule has 12 heavy (non-hydrogen) atoms. The summed E-state index contributed by atoms with van der Waals surface area (Å²) in [6.07, 6.45) is -4.31. The first-order valence-electron chi connectivity index (χ1n) is 3.56. The number of rotatable bonds is 1. The van der Waals surface area contributed by atoms with Crippen molar-refractivity contribution in [1.82, 2.24) is 0 Å². The van der Waals surface area contributed by atoms with Gasteiger partial charge >= 0.3 is 6.18 Å². The second-order valence-electron chi connectivity index (χ2n) is 2.77. The molecule has 1 aliphatic carbocycles. The number of hydrogen-bond acceptors (Lipinski definition) is 2. The minimum atomic E-state index is -4.86. The van der Waals surface area contributed by atoms with Crippen molar-refractivity contribution in [3.63, 3.8) is 0 Å². The molecule has 0 aromatic rings. The van der Waals surface area contributed by atoms with Gasteiger partial charge in [0.2, 0.25) is 5.78 Å². The van der Waals surface area contributed by atoms with Crippen LogP contribution in [0.1, 0.15) is 19.3 Å². The molecular weight excluding hydrogens is 173 g/mol. The first-order chi connectivity index (χ1) is 5.43. The summed E-state index contributed by atoms with van der Waals surface area (Å²) in [7, 11) is 0. The van der Waals surface area contributed by atoms with E-state index in [1.807, 2.05) is 0 Å². The van der Waals surface area contributed by atoms with E-state index >= 15 is 0 Å². The standard InChI is InChI=1S/C7H7F3O2/c8-7(9,10)6(12)4-2-1-3-5(4)11/h4H,1-3H2. The minimum absolute atomic E-state index is 0.0528. The highest BCUT2D eigenvalue weighted by Gasteiger charge is 2.47. The molecule has 5 heteroatoms. The normalized spacial score (nSPS) is 24.6. The molecule has 0 amide bonds. The number of carbonyl (C=O) groups is 2. The quantitative estimate of drug-likeness (QED) is 0.573. The molecule has 1 unspecified atom stereocenters. The zero-order valence-corrected chi connectivity index (χ0v) is 6.15. The van der Waals surface area contributed by atoms with Gasteiger partial charge in [0.15, 0.2) is 0 Å². The van der Waals surface area contributed by atoms with Crippen molar-refractivity contribution < 1.29 is 22.8 Å². The molecule has 1 fully saturated rings. The van der Waals surface area contributed by atoms with Crippen LogP contribution in [0.25, 0.3) is 0 Å². The second kappa shape index (κ2) is 2.88. The Labute approximate surface area is 66.7 Å². The number of halogens is 3. The van der Waals surface area contributed by atoms with E-state index in [1.165, 1.54) is 0 Å². The summed E-state index contributed by atoms with van der Waals surface area (Å²) in [6, 6.07) is 0. The van der Waals surface area contributed by atoms with Crippen molar-refractivity contribution in [3.8, 4) is 0 Å². The first kappa shape index (κ1) is 9.22. The summed E-state index contributed by atoms with van der Waals surface area (Å²) < 4.78 is 35.3. The van der Waals surface area contributed by atoms with Crippen LogP contribution in [0.4, 0.5) is 13.2 Å². The van der Waals surface area contributed by atoms with E-state index in [4.69, 9.17) is 0 Å². The molecule has 1 aliphatic rings. The van der Waals surface area contributed by atoms with Gasteiger partial charge in [0.25, 0.3) is 0 Å². The summed E-state index contributed by atoms with van der Waals surface area (Å²) in [5.41, 5.74) is 0. The maximum Gasteiger partial charge on any atom is 0.450 e. The zero-order chi connectivity index (χ0) is 9.35. The van der Waals surface area contributed by atoms with E-state index in [0.717, 1.165) is 0 Å². The van der Waals surface area contributed by atoms with Crippen LogP contribution in [-0.4, -0.2) is 17.7 Å². The summed E-state index contributed by atoms with van der Waals surface area (Å²) >= 11 is 0. The molecular formula is C7H7F3O2.